The molecule has 0 aliphatic carbocycles. The van der Waals surface area contributed by atoms with Crippen molar-refractivity contribution >= 4 is 18.3 Å². The van der Waals surface area contributed by atoms with E-state index < -0.39 is 0 Å². The van der Waals surface area contributed by atoms with Gasteiger partial charge < -0.3 is 15.0 Å². The fourth-order valence-electron chi connectivity index (χ4n) is 2.73. The van der Waals surface area contributed by atoms with E-state index in [0.717, 1.165) is 32.7 Å². The van der Waals surface area contributed by atoms with Crippen LogP contribution in [0, 0.1) is 5.41 Å². The minimum absolute atomic E-state index is 0. The van der Waals surface area contributed by atoms with Crippen molar-refractivity contribution in [3.05, 3.63) is 0 Å². The third-order valence-corrected chi connectivity index (χ3v) is 3.67. The van der Waals surface area contributed by atoms with E-state index in [1.165, 1.54) is 6.42 Å². The maximum absolute atomic E-state index is 12.2. The van der Waals surface area contributed by atoms with Crippen LogP contribution in [0.4, 0.5) is 0 Å². The summed E-state index contributed by atoms with van der Waals surface area (Å²) in [4.78, 5) is 14.2. The third kappa shape index (κ3) is 4.41. The van der Waals surface area contributed by atoms with E-state index in [-0.39, 0.29) is 29.8 Å². The van der Waals surface area contributed by atoms with E-state index in [1.807, 2.05) is 4.90 Å². The number of carbonyl (C=O) groups is 1. The molecule has 18 heavy (non-hydrogen) atoms. The molecule has 2 saturated heterocycles. The summed E-state index contributed by atoms with van der Waals surface area (Å²) in [6.07, 6.45) is 2.94. The topological polar surface area (TPSA) is 41.6 Å². The highest BCUT2D eigenvalue weighted by atomic mass is 35.5. The van der Waals surface area contributed by atoms with E-state index in [4.69, 9.17) is 4.74 Å². The van der Waals surface area contributed by atoms with Crippen molar-refractivity contribution in [3.63, 3.8) is 0 Å². The van der Waals surface area contributed by atoms with E-state index in [9.17, 15) is 4.79 Å². The second-order valence-electron chi connectivity index (χ2n) is 6.01. The normalized spacial score (nSPS) is 27.4. The molecular formula is C13H25ClN2O2. The van der Waals surface area contributed by atoms with Crippen LogP contribution in [-0.2, 0) is 9.53 Å². The van der Waals surface area contributed by atoms with Gasteiger partial charge in [-0.1, -0.05) is 13.8 Å². The van der Waals surface area contributed by atoms with Gasteiger partial charge in [0.1, 0.15) is 0 Å². The van der Waals surface area contributed by atoms with Crippen LogP contribution in [-0.4, -0.2) is 49.7 Å². The molecule has 0 aromatic heterocycles. The molecule has 5 heteroatoms. The molecule has 2 heterocycles. The molecule has 2 rings (SSSR count). The first-order chi connectivity index (χ1) is 8.07. The predicted molar refractivity (Wildman–Crippen MR) is 74.1 cm³/mol. The molecular weight excluding hydrogens is 252 g/mol. The second-order valence-corrected chi connectivity index (χ2v) is 6.01. The summed E-state index contributed by atoms with van der Waals surface area (Å²) in [5.74, 6) is 0.278. The Morgan fingerprint density at radius 2 is 2.28 bits per heavy atom. The Hall–Kier alpha value is -0.320. The number of carbonyl (C=O) groups excluding carboxylic acids is 1. The van der Waals surface area contributed by atoms with Crippen molar-refractivity contribution in [2.45, 2.75) is 39.2 Å². The zero-order chi connectivity index (χ0) is 12.3. The third-order valence-electron chi connectivity index (χ3n) is 3.67. The number of nitrogens with zero attached hydrogens (tertiary/aromatic N) is 1. The number of amides is 1. The Labute approximate surface area is 116 Å². The lowest BCUT2D eigenvalue weighted by Gasteiger charge is -2.38. The zero-order valence-electron chi connectivity index (χ0n) is 11.4. The number of hydrogen-bond donors (Lipinski definition) is 1. The number of halogens is 1. The maximum atomic E-state index is 12.2. The van der Waals surface area contributed by atoms with E-state index >= 15 is 0 Å². The van der Waals surface area contributed by atoms with E-state index in [2.05, 4.69) is 19.2 Å². The lowest BCUT2D eigenvalue weighted by atomic mass is 9.84. The molecule has 1 unspecified atom stereocenters. The molecule has 0 aromatic carbocycles. The number of nitrogens with one attached hydrogen (secondary N) is 1. The standard InChI is InChI=1S/C13H24N2O2.ClH/c1-13(2)4-3-6-15(10-13)12(16)8-11-9-17-7-5-14-11;/h11,14H,3-10H2,1-2H3;1H. The van der Waals surface area contributed by atoms with Crippen LogP contribution in [0.2, 0.25) is 0 Å². The van der Waals surface area contributed by atoms with Gasteiger partial charge in [0.25, 0.3) is 0 Å². The van der Waals surface area contributed by atoms with Gasteiger partial charge in [0, 0.05) is 32.1 Å². The first kappa shape index (κ1) is 15.7. The van der Waals surface area contributed by atoms with Crippen molar-refractivity contribution in [3.8, 4) is 0 Å². The molecule has 0 aromatic rings. The minimum atomic E-state index is 0. The summed E-state index contributed by atoms with van der Waals surface area (Å²) in [7, 11) is 0. The molecule has 2 aliphatic rings. The number of ether oxygens (including phenoxy) is 1. The van der Waals surface area contributed by atoms with Crippen LogP contribution in [0.1, 0.15) is 33.1 Å². The van der Waals surface area contributed by atoms with E-state index in [0.29, 0.717) is 13.0 Å². The molecule has 2 aliphatic heterocycles. The Morgan fingerprint density at radius 3 is 2.89 bits per heavy atom. The van der Waals surface area contributed by atoms with Gasteiger partial charge in [-0.05, 0) is 18.3 Å². The summed E-state index contributed by atoms with van der Waals surface area (Å²) in [5.41, 5.74) is 0.282. The number of likely N-dealkylation sites (tertiary alicyclic amines) is 1. The SMILES string of the molecule is CC1(C)CCCN(C(=O)CC2COCCN2)C1.Cl. The highest BCUT2D eigenvalue weighted by molar-refractivity contribution is 5.85. The molecule has 1 N–H and O–H groups in total. The molecule has 2 fully saturated rings. The van der Waals surface area contributed by atoms with Crippen LogP contribution in [0.3, 0.4) is 0 Å². The number of hydrogen-bond acceptors (Lipinski definition) is 3. The van der Waals surface area contributed by atoms with Crippen molar-refractivity contribution in [2.75, 3.05) is 32.8 Å². The Kier molecular flexibility index (Phi) is 5.89. The maximum Gasteiger partial charge on any atom is 0.224 e. The van der Waals surface area contributed by atoms with Gasteiger partial charge in [0.05, 0.1) is 13.2 Å². The molecule has 4 nitrogen and oxygen atoms in total. The van der Waals surface area contributed by atoms with Crippen molar-refractivity contribution in [2.24, 2.45) is 5.41 Å². The Morgan fingerprint density at radius 1 is 1.50 bits per heavy atom. The number of piperidine rings is 1. The number of rotatable bonds is 2. The minimum Gasteiger partial charge on any atom is -0.378 e. The van der Waals surface area contributed by atoms with Gasteiger partial charge >= 0.3 is 0 Å². The van der Waals surface area contributed by atoms with Crippen LogP contribution < -0.4 is 5.32 Å². The molecule has 0 spiro atoms. The van der Waals surface area contributed by atoms with Crippen molar-refractivity contribution < 1.29 is 9.53 Å². The quantitative estimate of drug-likeness (QED) is 0.830. The summed E-state index contributed by atoms with van der Waals surface area (Å²) < 4.78 is 5.38. The molecule has 1 amide bonds. The highest BCUT2D eigenvalue weighted by Crippen LogP contribution is 2.28. The first-order valence-electron chi connectivity index (χ1n) is 6.66. The Balaban J connectivity index is 0.00000162. The number of morpholine rings is 1. The zero-order valence-corrected chi connectivity index (χ0v) is 12.2. The summed E-state index contributed by atoms with van der Waals surface area (Å²) in [6.45, 7) is 8.62. The van der Waals surface area contributed by atoms with Crippen LogP contribution in [0.5, 0.6) is 0 Å². The lowest BCUT2D eigenvalue weighted by Crippen LogP contribution is -2.48. The van der Waals surface area contributed by atoms with E-state index in [1.54, 1.807) is 0 Å². The summed E-state index contributed by atoms with van der Waals surface area (Å²) in [6, 6.07) is 0.210. The van der Waals surface area contributed by atoms with Gasteiger partial charge in [-0.2, -0.15) is 0 Å². The summed E-state index contributed by atoms with van der Waals surface area (Å²) in [5, 5.41) is 3.34. The van der Waals surface area contributed by atoms with Gasteiger partial charge in [-0.15, -0.1) is 12.4 Å². The first-order valence-corrected chi connectivity index (χ1v) is 6.66. The molecule has 0 saturated carbocycles. The molecule has 1 atom stereocenters. The average Bonchev–Trinajstić information content (AvgIpc) is 2.29. The van der Waals surface area contributed by atoms with Crippen LogP contribution in [0.15, 0.2) is 0 Å². The monoisotopic (exact) mass is 276 g/mol. The highest BCUT2D eigenvalue weighted by Gasteiger charge is 2.30. The predicted octanol–water partition coefficient (Wildman–Crippen LogP) is 1.44. The average molecular weight is 277 g/mol. The molecule has 0 radical (unpaired) electrons. The van der Waals surface area contributed by atoms with Gasteiger partial charge in [0.15, 0.2) is 0 Å². The van der Waals surface area contributed by atoms with Gasteiger partial charge in [-0.3, -0.25) is 4.79 Å². The van der Waals surface area contributed by atoms with Crippen molar-refractivity contribution in [1.82, 2.24) is 10.2 Å². The summed E-state index contributed by atoms with van der Waals surface area (Å²) >= 11 is 0. The fourth-order valence-corrected chi connectivity index (χ4v) is 2.73. The van der Waals surface area contributed by atoms with Crippen molar-refractivity contribution in [1.29, 1.82) is 0 Å². The fraction of sp³-hybridized carbons (Fsp3) is 0.923. The largest absolute Gasteiger partial charge is 0.378 e. The van der Waals surface area contributed by atoms with Gasteiger partial charge in [0.2, 0.25) is 5.91 Å². The molecule has 0 bridgehead atoms. The Bertz CT molecular complexity index is 278. The second kappa shape index (κ2) is 6.73. The lowest BCUT2D eigenvalue weighted by molar-refractivity contribution is -0.135. The molecule has 106 valence electrons. The van der Waals surface area contributed by atoms with Crippen LogP contribution >= 0.6 is 12.4 Å². The van der Waals surface area contributed by atoms with Gasteiger partial charge in [-0.25, -0.2) is 0 Å². The smallest absolute Gasteiger partial charge is 0.224 e. The van der Waals surface area contributed by atoms with Crippen LogP contribution in [0.25, 0.3) is 0 Å².